The molecule has 0 unspecified atom stereocenters. The van der Waals surface area contributed by atoms with Gasteiger partial charge in [0.05, 0.1) is 20.5 Å². The van der Waals surface area contributed by atoms with Crippen LogP contribution in [-0.4, -0.2) is 20.5 Å². The van der Waals surface area contributed by atoms with Gasteiger partial charge in [0.25, 0.3) is 0 Å². The van der Waals surface area contributed by atoms with Gasteiger partial charge < -0.3 is 13.9 Å². The number of methoxy groups -OCH3 is 2. The summed E-state index contributed by atoms with van der Waals surface area (Å²) in [6.07, 6.45) is 2.16. The molecule has 2 aromatic rings. The van der Waals surface area contributed by atoms with Crippen molar-refractivity contribution in [1.29, 1.82) is 0 Å². The van der Waals surface area contributed by atoms with Crippen LogP contribution in [0.5, 0.6) is 11.5 Å². The van der Waals surface area contributed by atoms with E-state index in [1.54, 1.807) is 26.4 Å². The summed E-state index contributed by atoms with van der Waals surface area (Å²) >= 11 is 0. The number of carbonyl (C=O) groups excluding carboxylic acids is 1. The van der Waals surface area contributed by atoms with Gasteiger partial charge in [0.1, 0.15) is 11.5 Å². The van der Waals surface area contributed by atoms with Gasteiger partial charge in [-0.25, -0.2) is 0 Å². The molecule has 0 fully saturated rings. The second-order valence-electron chi connectivity index (χ2n) is 3.42. The molecule has 0 aliphatic rings. The van der Waals surface area contributed by atoms with Gasteiger partial charge in [-0.15, -0.1) is 0 Å². The second-order valence-corrected chi connectivity index (χ2v) is 3.42. The molecule has 0 aliphatic carbocycles. The first kappa shape index (κ1) is 11.3. The van der Waals surface area contributed by atoms with Crippen molar-refractivity contribution in [2.75, 3.05) is 14.2 Å². The minimum absolute atomic E-state index is 0.292. The molecule has 0 amide bonds. The van der Waals surface area contributed by atoms with Gasteiger partial charge in [-0.05, 0) is 23.8 Å². The van der Waals surface area contributed by atoms with E-state index in [1.165, 1.54) is 6.26 Å². The van der Waals surface area contributed by atoms with Crippen LogP contribution in [0.2, 0.25) is 0 Å². The molecule has 2 rings (SSSR count). The van der Waals surface area contributed by atoms with E-state index in [2.05, 4.69) is 0 Å². The van der Waals surface area contributed by atoms with Crippen molar-refractivity contribution in [1.82, 2.24) is 0 Å². The molecule has 0 aliphatic heterocycles. The average Bonchev–Trinajstić information content (AvgIpc) is 2.86. The van der Waals surface area contributed by atoms with Crippen LogP contribution in [-0.2, 0) is 0 Å². The van der Waals surface area contributed by atoms with E-state index in [-0.39, 0.29) is 0 Å². The Morgan fingerprint density at radius 2 is 1.76 bits per heavy atom. The molecule has 0 bridgehead atoms. The number of furan rings is 1. The number of hydrogen-bond donors (Lipinski definition) is 0. The minimum Gasteiger partial charge on any atom is -0.497 e. The molecule has 4 heteroatoms. The van der Waals surface area contributed by atoms with Crippen LogP contribution in [0.25, 0.3) is 11.1 Å². The number of carbonyl (C=O) groups is 1. The molecule has 4 nitrogen and oxygen atoms in total. The summed E-state index contributed by atoms with van der Waals surface area (Å²) in [5, 5.41) is 0. The lowest BCUT2D eigenvalue weighted by Gasteiger charge is -2.07. The minimum atomic E-state index is 0.292. The van der Waals surface area contributed by atoms with Crippen LogP contribution >= 0.6 is 0 Å². The quantitative estimate of drug-likeness (QED) is 0.760. The molecule has 0 atom stereocenters. The molecular weight excluding hydrogens is 220 g/mol. The predicted molar refractivity (Wildman–Crippen MR) is 62.6 cm³/mol. The van der Waals surface area contributed by atoms with Crippen LogP contribution in [0, 0.1) is 0 Å². The highest BCUT2D eigenvalue weighted by atomic mass is 16.5. The smallest absolute Gasteiger partial charge is 0.185 e. The molecule has 0 saturated heterocycles. The highest BCUT2D eigenvalue weighted by molar-refractivity contribution is 5.85. The Morgan fingerprint density at radius 1 is 1.12 bits per heavy atom. The zero-order valence-electron chi connectivity index (χ0n) is 9.60. The third-order valence-corrected chi connectivity index (χ3v) is 2.46. The first-order valence-corrected chi connectivity index (χ1v) is 5.04. The van der Waals surface area contributed by atoms with E-state index >= 15 is 0 Å². The predicted octanol–water partition coefficient (Wildman–Crippen LogP) is 2.78. The fourth-order valence-electron chi connectivity index (χ4n) is 1.61. The molecule has 1 heterocycles. The number of hydrogen-bond acceptors (Lipinski definition) is 4. The second kappa shape index (κ2) is 4.74. The van der Waals surface area contributed by atoms with Crippen LogP contribution < -0.4 is 9.47 Å². The van der Waals surface area contributed by atoms with Gasteiger partial charge in [0, 0.05) is 11.6 Å². The Kier molecular flexibility index (Phi) is 3.14. The Labute approximate surface area is 98.8 Å². The molecule has 17 heavy (non-hydrogen) atoms. The van der Waals surface area contributed by atoms with Crippen molar-refractivity contribution in [2.45, 2.75) is 0 Å². The Balaban J connectivity index is 2.54. The lowest BCUT2D eigenvalue weighted by molar-refractivity contribution is 0.110. The van der Waals surface area contributed by atoms with Crippen LogP contribution in [0.3, 0.4) is 0 Å². The number of aldehydes is 1. The Bertz CT molecular complexity index is 506. The topological polar surface area (TPSA) is 48.7 Å². The summed E-state index contributed by atoms with van der Waals surface area (Å²) in [6, 6.07) is 7.14. The lowest BCUT2D eigenvalue weighted by atomic mass is 10.1. The largest absolute Gasteiger partial charge is 0.497 e. The fourth-order valence-corrected chi connectivity index (χ4v) is 1.61. The molecule has 0 saturated carbocycles. The van der Waals surface area contributed by atoms with Crippen LogP contribution in [0.4, 0.5) is 0 Å². The highest BCUT2D eigenvalue weighted by Crippen LogP contribution is 2.31. The van der Waals surface area contributed by atoms with Crippen molar-refractivity contribution in [3.8, 4) is 22.6 Å². The van der Waals surface area contributed by atoms with Crippen LogP contribution in [0.15, 0.2) is 34.9 Å². The van der Waals surface area contributed by atoms with E-state index < -0.39 is 0 Å². The summed E-state index contributed by atoms with van der Waals surface area (Å²) in [5.74, 6) is 1.62. The molecule has 1 aromatic carbocycles. The Morgan fingerprint density at radius 3 is 2.29 bits per heavy atom. The fraction of sp³-hybridized carbons (Fsp3) is 0.154. The van der Waals surface area contributed by atoms with Gasteiger partial charge in [0.15, 0.2) is 12.0 Å². The maximum absolute atomic E-state index is 10.8. The lowest BCUT2D eigenvalue weighted by Crippen LogP contribution is -1.89. The van der Waals surface area contributed by atoms with E-state index in [4.69, 9.17) is 13.9 Å². The summed E-state index contributed by atoms with van der Waals surface area (Å²) in [4.78, 5) is 10.8. The van der Waals surface area contributed by atoms with Crippen molar-refractivity contribution in [3.05, 3.63) is 36.3 Å². The molecule has 88 valence electrons. The van der Waals surface area contributed by atoms with Gasteiger partial charge in [-0.3, -0.25) is 4.79 Å². The molecular formula is C13H12O4. The van der Waals surface area contributed by atoms with E-state index in [0.717, 1.165) is 11.1 Å². The molecule has 0 spiro atoms. The molecule has 0 N–H and O–H groups in total. The van der Waals surface area contributed by atoms with Crippen LogP contribution in [0.1, 0.15) is 10.6 Å². The van der Waals surface area contributed by atoms with Crippen molar-refractivity contribution in [2.24, 2.45) is 0 Å². The summed E-state index contributed by atoms with van der Waals surface area (Å²) in [5.41, 5.74) is 1.54. The first-order chi connectivity index (χ1) is 8.28. The number of ether oxygens (including phenoxy) is 2. The van der Waals surface area contributed by atoms with Gasteiger partial charge in [-0.2, -0.15) is 0 Å². The zero-order valence-corrected chi connectivity index (χ0v) is 9.60. The zero-order chi connectivity index (χ0) is 12.3. The summed E-state index contributed by atoms with van der Waals surface area (Å²) in [7, 11) is 3.16. The maximum atomic E-state index is 10.8. The molecule has 0 radical (unpaired) electrons. The van der Waals surface area contributed by atoms with Crippen molar-refractivity contribution >= 4 is 6.29 Å². The van der Waals surface area contributed by atoms with Crippen molar-refractivity contribution < 1.29 is 18.7 Å². The summed E-state index contributed by atoms with van der Waals surface area (Å²) < 4.78 is 15.4. The highest BCUT2D eigenvalue weighted by Gasteiger charge is 2.10. The normalized spacial score (nSPS) is 10.0. The van der Waals surface area contributed by atoms with Gasteiger partial charge >= 0.3 is 0 Å². The van der Waals surface area contributed by atoms with E-state index in [0.29, 0.717) is 23.5 Å². The van der Waals surface area contributed by atoms with Gasteiger partial charge in [0.2, 0.25) is 0 Å². The van der Waals surface area contributed by atoms with Gasteiger partial charge in [-0.1, -0.05) is 0 Å². The number of rotatable bonds is 4. The SMILES string of the molecule is COc1cc(OC)cc(-c2ccoc2C=O)c1. The van der Waals surface area contributed by atoms with E-state index in [9.17, 15) is 4.79 Å². The Hall–Kier alpha value is -2.23. The number of benzene rings is 1. The third-order valence-electron chi connectivity index (χ3n) is 2.46. The van der Waals surface area contributed by atoms with Crippen molar-refractivity contribution in [3.63, 3.8) is 0 Å². The van der Waals surface area contributed by atoms with E-state index in [1.807, 2.05) is 12.1 Å². The first-order valence-electron chi connectivity index (χ1n) is 5.04. The standard InChI is InChI=1S/C13H12O4/c1-15-10-5-9(6-11(7-10)16-2)12-3-4-17-13(12)8-14/h3-8H,1-2H3. The third kappa shape index (κ3) is 2.15. The molecule has 1 aromatic heterocycles. The summed E-state index contributed by atoms with van der Waals surface area (Å²) in [6.45, 7) is 0. The average molecular weight is 232 g/mol. The maximum Gasteiger partial charge on any atom is 0.185 e. The monoisotopic (exact) mass is 232 g/mol.